The van der Waals surface area contributed by atoms with E-state index in [1.54, 1.807) is 13.1 Å². The number of benzene rings is 1. The summed E-state index contributed by atoms with van der Waals surface area (Å²) in [5, 5.41) is 2.60. The van der Waals surface area contributed by atoms with Crippen LogP contribution in [0.15, 0.2) is 43.3 Å². The number of carbonyl (C=O) groups excluding carboxylic acids is 2. The molecule has 0 unspecified atom stereocenters. The van der Waals surface area contributed by atoms with E-state index >= 15 is 0 Å². The zero-order chi connectivity index (χ0) is 14.0. The summed E-state index contributed by atoms with van der Waals surface area (Å²) in [7, 11) is 1.60. The lowest BCUT2D eigenvalue weighted by atomic mass is 10.0. The quantitative estimate of drug-likeness (QED) is 0.661. The Morgan fingerprint density at radius 2 is 2.05 bits per heavy atom. The lowest BCUT2D eigenvalue weighted by Gasteiger charge is -2.15. The summed E-state index contributed by atoms with van der Waals surface area (Å²) in [4.78, 5) is 23.4. The average Bonchev–Trinajstić information content (AvgIpc) is 3.20. The van der Waals surface area contributed by atoms with Gasteiger partial charge in [0.25, 0.3) is 5.91 Å². The first-order valence-electron chi connectivity index (χ1n) is 6.09. The molecule has 1 heterocycles. The van der Waals surface area contributed by atoms with Gasteiger partial charge in [0.05, 0.1) is 0 Å². The maximum absolute atomic E-state index is 11.8. The molecule has 0 bridgehead atoms. The second-order valence-electron chi connectivity index (χ2n) is 4.65. The summed E-state index contributed by atoms with van der Waals surface area (Å²) in [6.07, 6.45) is 4.99. The van der Waals surface area contributed by atoms with Crippen LogP contribution in [0.1, 0.15) is 21.5 Å². The molecule has 4 heteroatoms. The van der Waals surface area contributed by atoms with Crippen molar-refractivity contribution < 1.29 is 14.1 Å². The number of carbonyl (C=O) groups is 2. The molecule has 19 heavy (non-hydrogen) atoms. The largest absolute Gasteiger partial charge is 0.355 e. The standard InChI is InChI=1S/C15H16N2O2/c1-4-14(18)17(7-8-17)10-13-9-12(15(19)16-3)6-5-11(13)2/h4-9H,1,10H2,2-3H3/p+1. The van der Waals surface area contributed by atoms with Gasteiger partial charge < -0.3 is 5.32 Å². The van der Waals surface area contributed by atoms with Crippen LogP contribution in [0.4, 0.5) is 0 Å². The first kappa shape index (κ1) is 13.2. The molecule has 0 atom stereocenters. The summed E-state index contributed by atoms with van der Waals surface area (Å²) in [6, 6.07) is 5.52. The molecule has 98 valence electrons. The predicted molar refractivity (Wildman–Crippen MR) is 72.9 cm³/mol. The van der Waals surface area contributed by atoms with Crippen molar-refractivity contribution in [2.75, 3.05) is 7.05 Å². The highest BCUT2D eigenvalue weighted by molar-refractivity contribution is 5.94. The van der Waals surface area contributed by atoms with Crippen molar-refractivity contribution >= 4 is 11.8 Å². The molecule has 0 aliphatic carbocycles. The highest BCUT2D eigenvalue weighted by Gasteiger charge is 2.42. The maximum atomic E-state index is 11.8. The van der Waals surface area contributed by atoms with E-state index in [4.69, 9.17) is 0 Å². The topological polar surface area (TPSA) is 46.2 Å². The Kier molecular flexibility index (Phi) is 3.36. The number of hydrogen-bond acceptors (Lipinski definition) is 2. The van der Waals surface area contributed by atoms with Crippen molar-refractivity contribution in [3.63, 3.8) is 0 Å². The third-order valence-corrected chi connectivity index (χ3v) is 3.36. The van der Waals surface area contributed by atoms with E-state index in [1.165, 1.54) is 6.08 Å². The molecule has 1 aromatic rings. The normalized spacial score (nSPS) is 14.8. The molecule has 0 saturated carbocycles. The van der Waals surface area contributed by atoms with E-state index < -0.39 is 0 Å². The van der Waals surface area contributed by atoms with Gasteiger partial charge in [-0.1, -0.05) is 12.6 Å². The molecule has 0 aromatic heterocycles. The molecule has 1 aliphatic rings. The molecule has 1 N–H and O–H groups in total. The summed E-state index contributed by atoms with van der Waals surface area (Å²) in [5.41, 5.74) is 2.66. The molecule has 1 aliphatic heterocycles. The van der Waals surface area contributed by atoms with Gasteiger partial charge in [-0.15, -0.1) is 0 Å². The molecule has 0 spiro atoms. The van der Waals surface area contributed by atoms with Crippen LogP contribution in [0.5, 0.6) is 0 Å². The Morgan fingerprint density at radius 3 is 2.58 bits per heavy atom. The second-order valence-corrected chi connectivity index (χ2v) is 4.65. The van der Waals surface area contributed by atoms with Crippen molar-refractivity contribution in [2.24, 2.45) is 0 Å². The van der Waals surface area contributed by atoms with Crippen LogP contribution >= 0.6 is 0 Å². The minimum absolute atomic E-state index is 0.0512. The summed E-state index contributed by atoms with van der Waals surface area (Å²) in [6.45, 7) is 6.02. The van der Waals surface area contributed by atoms with Crippen molar-refractivity contribution in [1.82, 2.24) is 5.32 Å². The molecule has 0 saturated heterocycles. The fourth-order valence-electron chi connectivity index (χ4n) is 1.99. The fraction of sp³-hybridized carbons (Fsp3) is 0.200. The minimum atomic E-state index is -0.124. The number of amides is 2. The van der Waals surface area contributed by atoms with Gasteiger partial charge in [-0.3, -0.25) is 4.79 Å². The van der Waals surface area contributed by atoms with Crippen LogP contribution in [-0.4, -0.2) is 23.3 Å². The van der Waals surface area contributed by atoms with Crippen LogP contribution < -0.4 is 5.32 Å². The van der Waals surface area contributed by atoms with Gasteiger partial charge in [-0.2, -0.15) is 4.48 Å². The SMILES string of the molecule is C=CC(=O)[N+]1(Cc2cc(C(=O)NC)ccc2C)C=C1. The van der Waals surface area contributed by atoms with Crippen LogP contribution in [-0.2, 0) is 11.3 Å². The number of hydrogen-bond donors (Lipinski definition) is 1. The van der Waals surface area contributed by atoms with Crippen molar-refractivity contribution in [2.45, 2.75) is 13.5 Å². The van der Waals surface area contributed by atoms with E-state index in [0.29, 0.717) is 12.1 Å². The smallest absolute Gasteiger partial charge is 0.347 e. The van der Waals surface area contributed by atoms with Gasteiger partial charge in [0.15, 0.2) is 12.4 Å². The lowest BCUT2D eigenvalue weighted by molar-refractivity contribution is -0.698. The monoisotopic (exact) mass is 257 g/mol. The maximum Gasteiger partial charge on any atom is 0.347 e. The first-order valence-corrected chi connectivity index (χ1v) is 6.09. The number of nitrogens with zero attached hydrogens (tertiary/aromatic N) is 1. The lowest BCUT2D eigenvalue weighted by Crippen LogP contribution is -2.31. The first-order chi connectivity index (χ1) is 9.02. The Morgan fingerprint density at radius 1 is 1.37 bits per heavy atom. The summed E-state index contributed by atoms with van der Waals surface area (Å²) in [5.74, 6) is -0.175. The Balaban J connectivity index is 2.28. The summed E-state index contributed by atoms with van der Waals surface area (Å²) >= 11 is 0. The number of aryl methyl sites for hydroxylation is 1. The second kappa shape index (κ2) is 4.82. The van der Waals surface area contributed by atoms with Crippen molar-refractivity contribution in [3.05, 3.63) is 59.9 Å². The van der Waals surface area contributed by atoms with Crippen LogP contribution in [0.2, 0.25) is 0 Å². The predicted octanol–water partition coefficient (Wildman–Crippen LogP) is 1.87. The van der Waals surface area contributed by atoms with E-state index in [0.717, 1.165) is 11.1 Å². The molecule has 1 aromatic carbocycles. The number of nitrogens with one attached hydrogen (secondary N) is 1. The zero-order valence-electron chi connectivity index (χ0n) is 11.1. The Bertz CT molecular complexity index is 582. The number of rotatable bonds is 4. The third-order valence-electron chi connectivity index (χ3n) is 3.36. The van der Waals surface area contributed by atoms with E-state index in [2.05, 4.69) is 11.9 Å². The van der Waals surface area contributed by atoms with E-state index in [9.17, 15) is 9.59 Å². The highest BCUT2D eigenvalue weighted by atomic mass is 16.2. The van der Waals surface area contributed by atoms with Gasteiger partial charge in [-0.25, -0.2) is 4.79 Å². The van der Waals surface area contributed by atoms with Crippen LogP contribution in [0.3, 0.4) is 0 Å². The van der Waals surface area contributed by atoms with Gasteiger partial charge in [-0.05, 0) is 24.6 Å². The number of quaternary nitrogens is 1. The van der Waals surface area contributed by atoms with Crippen molar-refractivity contribution in [1.29, 1.82) is 0 Å². The molecule has 0 fully saturated rings. The molecule has 2 amide bonds. The van der Waals surface area contributed by atoms with E-state index in [1.807, 2.05) is 31.5 Å². The minimum Gasteiger partial charge on any atom is -0.355 e. The molecule has 4 nitrogen and oxygen atoms in total. The molecular formula is C15H17N2O2+. The summed E-state index contributed by atoms with van der Waals surface area (Å²) < 4.78 is 0.182. The average molecular weight is 257 g/mol. The molecular weight excluding hydrogens is 240 g/mol. The van der Waals surface area contributed by atoms with Crippen LogP contribution in [0.25, 0.3) is 0 Å². The molecule has 0 radical (unpaired) electrons. The van der Waals surface area contributed by atoms with Crippen molar-refractivity contribution in [3.8, 4) is 0 Å². The van der Waals surface area contributed by atoms with Gasteiger partial charge >= 0.3 is 5.91 Å². The Labute approximate surface area is 112 Å². The fourth-order valence-corrected chi connectivity index (χ4v) is 1.99. The van der Waals surface area contributed by atoms with Gasteiger partial charge in [0.2, 0.25) is 0 Å². The van der Waals surface area contributed by atoms with E-state index in [-0.39, 0.29) is 16.3 Å². The highest BCUT2D eigenvalue weighted by Crippen LogP contribution is 2.29. The third kappa shape index (κ3) is 2.48. The van der Waals surface area contributed by atoms with Gasteiger partial charge in [0, 0.05) is 24.3 Å². The zero-order valence-corrected chi connectivity index (χ0v) is 11.1. The molecule has 2 rings (SSSR count). The van der Waals surface area contributed by atoms with Gasteiger partial charge in [0.1, 0.15) is 6.54 Å². The van der Waals surface area contributed by atoms with Crippen LogP contribution in [0, 0.1) is 6.92 Å². The Hall–Kier alpha value is -2.20.